The van der Waals surface area contributed by atoms with Crippen LogP contribution >= 0.6 is 0 Å². The molecule has 5 heteroatoms. The highest BCUT2D eigenvalue weighted by Crippen LogP contribution is 2.22. The Morgan fingerprint density at radius 1 is 1.39 bits per heavy atom. The number of aliphatic hydroxyl groups excluding tert-OH is 1. The van der Waals surface area contributed by atoms with E-state index >= 15 is 0 Å². The fraction of sp³-hybridized carbons (Fsp3) is 0.444. The fourth-order valence-corrected chi connectivity index (χ4v) is 2.93. The Balaban J connectivity index is 1.86. The minimum Gasteiger partial charge on any atom is -0.391 e. The number of fused-ring (bicyclic) bond motifs is 1. The molecule has 1 saturated heterocycles. The molecule has 2 heterocycles. The second-order valence-electron chi connectivity index (χ2n) is 6.46. The molecule has 1 aliphatic heterocycles. The molecule has 1 aliphatic rings. The summed E-state index contributed by atoms with van der Waals surface area (Å²) < 4.78 is 0. The van der Waals surface area contributed by atoms with Crippen molar-refractivity contribution in [3.63, 3.8) is 0 Å². The number of β-amino-alcohol motifs (C(OH)–C–C–N with tert-alkyl or cyclic N) is 1. The second kappa shape index (κ2) is 6.64. The van der Waals surface area contributed by atoms with Gasteiger partial charge in [-0.05, 0) is 18.1 Å². The number of benzene rings is 1. The van der Waals surface area contributed by atoms with Gasteiger partial charge in [0, 0.05) is 36.6 Å². The van der Waals surface area contributed by atoms with Gasteiger partial charge in [0.15, 0.2) is 0 Å². The normalized spacial score (nSPS) is 21.0. The van der Waals surface area contributed by atoms with Crippen LogP contribution in [0.2, 0.25) is 0 Å². The summed E-state index contributed by atoms with van der Waals surface area (Å²) in [5.41, 5.74) is 2.41. The van der Waals surface area contributed by atoms with Crippen LogP contribution in [0.4, 0.5) is 0 Å². The zero-order chi connectivity index (χ0) is 16.4. The van der Waals surface area contributed by atoms with Crippen LogP contribution in [0.1, 0.15) is 35.8 Å². The van der Waals surface area contributed by atoms with E-state index in [1.54, 1.807) is 0 Å². The Kier molecular flexibility index (Phi) is 4.59. The van der Waals surface area contributed by atoms with Gasteiger partial charge in [-0.1, -0.05) is 32.0 Å². The number of para-hydroxylation sites is 1. The van der Waals surface area contributed by atoms with Gasteiger partial charge >= 0.3 is 0 Å². The average Bonchev–Trinajstić information content (AvgIpc) is 2.96. The maximum atomic E-state index is 12.7. The summed E-state index contributed by atoms with van der Waals surface area (Å²) in [6, 6.07) is 9.59. The maximum absolute atomic E-state index is 12.7. The van der Waals surface area contributed by atoms with E-state index in [-0.39, 0.29) is 17.7 Å². The molecule has 0 radical (unpaired) electrons. The minimum atomic E-state index is -0.393. The molecule has 1 fully saturated rings. The molecule has 0 saturated carbocycles. The van der Waals surface area contributed by atoms with Crippen LogP contribution < -0.4 is 10.6 Å². The number of pyridine rings is 1. The lowest BCUT2D eigenvalue weighted by Crippen LogP contribution is -2.34. The van der Waals surface area contributed by atoms with E-state index < -0.39 is 6.10 Å². The van der Waals surface area contributed by atoms with Crippen LogP contribution in [0.5, 0.6) is 0 Å². The number of hydrogen-bond donors (Lipinski definition) is 3. The Bertz CT molecular complexity index is 714. The van der Waals surface area contributed by atoms with Crippen LogP contribution in [-0.2, 0) is 0 Å². The highest BCUT2D eigenvalue weighted by atomic mass is 16.3. The monoisotopic (exact) mass is 313 g/mol. The van der Waals surface area contributed by atoms with Gasteiger partial charge < -0.3 is 15.7 Å². The third-order valence-electron chi connectivity index (χ3n) is 4.40. The Morgan fingerprint density at radius 2 is 2.17 bits per heavy atom. The highest BCUT2D eigenvalue weighted by molar-refractivity contribution is 6.06. The predicted octanol–water partition coefficient (Wildman–Crippen LogP) is 1.67. The first kappa shape index (κ1) is 15.9. The quantitative estimate of drug-likeness (QED) is 0.803. The molecule has 1 aromatic heterocycles. The van der Waals surface area contributed by atoms with E-state index in [2.05, 4.69) is 29.5 Å². The van der Waals surface area contributed by atoms with Gasteiger partial charge in [-0.2, -0.15) is 0 Å². The van der Waals surface area contributed by atoms with Crippen molar-refractivity contribution in [1.82, 2.24) is 15.6 Å². The molecule has 2 atom stereocenters. The number of aliphatic hydroxyl groups is 1. The van der Waals surface area contributed by atoms with Crippen LogP contribution in [-0.4, -0.2) is 41.7 Å². The zero-order valence-electron chi connectivity index (χ0n) is 13.5. The van der Waals surface area contributed by atoms with E-state index in [0.29, 0.717) is 18.7 Å². The van der Waals surface area contributed by atoms with Crippen LogP contribution in [0.3, 0.4) is 0 Å². The van der Waals surface area contributed by atoms with Crippen molar-refractivity contribution in [2.24, 2.45) is 5.92 Å². The average molecular weight is 313 g/mol. The van der Waals surface area contributed by atoms with Crippen molar-refractivity contribution in [3.8, 4) is 0 Å². The van der Waals surface area contributed by atoms with Crippen LogP contribution in [0.25, 0.3) is 10.9 Å². The van der Waals surface area contributed by atoms with Gasteiger partial charge in [0.2, 0.25) is 0 Å². The first-order valence-corrected chi connectivity index (χ1v) is 8.13. The number of aromatic nitrogens is 1. The predicted molar refractivity (Wildman–Crippen MR) is 90.5 cm³/mol. The molecule has 1 aromatic carbocycles. The molecule has 0 bridgehead atoms. The van der Waals surface area contributed by atoms with Crippen molar-refractivity contribution in [2.45, 2.75) is 25.9 Å². The first-order chi connectivity index (χ1) is 11.1. The number of rotatable bonds is 4. The van der Waals surface area contributed by atoms with Crippen molar-refractivity contribution in [3.05, 3.63) is 41.6 Å². The molecule has 0 spiro atoms. The molecule has 23 heavy (non-hydrogen) atoms. The molecule has 0 aliphatic carbocycles. The van der Waals surface area contributed by atoms with E-state index in [9.17, 15) is 9.90 Å². The highest BCUT2D eigenvalue weighted by Gasteiger charge is 2.25. The Hall–Kier alpha value is -1.98. The molecule has 122 valence electrons. The fourth-order valence-electron chi connectivity index (χ4n) is 2.93. The lowest BCUT2D eigenvalue weighted by atomic mass is 10.0. The van der Waals surface area contributed by atoms with Gasteiger partial charge in [-0.25, -0.2) is 0 Å². The van der Waals surface area contributed by atoms with E-state index in [1.807, 2.05) is 30.3 Å². The van der Waals surface area contributed by atoms with Gasteiger partial charge in [0.25, 0.3) is 5.91 Å². The summed E-state index contributed by atoms with van der Waals surface area (Å²) in [6.07, 6.45) is -0.393. The maximum Gasteiger partial charge on any atom is 0.252 e. The molecule has 2 unspecified atom stereocenters. The van der Waals surface area contributed by atoms with E-state index in [4.69, 9.17) is 0 Å². The number of amides is 1. The summed E-state index contributed by atoms with van der Waals surface area (Å²) in [6.45, 7) is 5.94. The van der Waals surface area contributed by atoms with Crippen molar-refractivity contribution >= 4 is 16.8 Å². The summed E-state index contributed by atoms with van der Waals surface area (Å²) in [5, 5.41) is 16.8. The lowest BCUT2D eigenvalue weighted by molar-refractivity contribution is 0.0928. The number of nitrogens with one attached hydrogen (secondary N) is 2. The Labute approximate surface area is 136 Å². The smallest absolute Gasteiger partial charge is 0.252 e. The molecule has 3 N–H and O–H groups in total. The van der Waals surface area contributed by atoms with Crippen LogP contribution in [0, 0.1) is 5.92 Å². The minimum absolute atomic E-state index is 0.0663. The second-order valence-corrected chi connectivity index (χ2v) is 6.46. The first-order valence-electron chi connectivity index (χ1n) is 8.13. The Morgan fingerprint density at radius 3 is 2.87 bits per heavy atom. The molecule has 2 aromatic rings. The molecule has 5 nitrogen and oxygen atoms in total. The topological polar surface area (TPSA) is 74.2 Å². The van der Waals surface area contributed by atoms with Gasteiger partial charge in [-0.3, -0.25) is 9.78 Å². The van der Waals surface area contributed by atoms with E-state index in [1.165, 1.54) is 0 Å². The van der Waals surface area contributed by atoms with Crippen molar-refractivity contribution < 1.29 is 9.90 Å². The third kappa shape index (κ3) is 3.35. The molecular weight excluding hydrogens is 290 g/mol. The molecular formula is C18H23N3O2. The third-order valence-corrected chi connectivity index (χ3v) is 4.40. The van der Waals surface area contributed by atoms with Crippen molar-refractivity contribution in [2.75, 3.05) is 19.6 Å². The number of carbonyl (C=O) groups excluding carboxylic acids is 1. The zero-order valence-corrected chi connectivity index (χ0v) is 13.5. The van der Waals surface area contributed by atoms with Gasteiger partial charge in [-0.15, -0.1) is 0 Å². The molecule has 1 amide bonds. The summed E-state index contributed by atoms with van der Waals surface area (Å²) in [7, 11) is 0. The largest absolute Gasteiger partial charge is 0.391 e. The van der Waals surface area contributed by atoms with Gasteiger partial charge in [0.05, 0.1) is 17.2 Å². The van der Waals surface area contributed by atoms with E-state index in [0.717, 1.165) is 23.1 Å². The summed E-state index contributed by atoms with van der Waals surface area (Å²) >= 11 is 0. The van der Waals surface area contributed by atoms with Gasteiger partial charge in [0.1, 0.15) is 0 Å². The lowest BCUT2D eigenvalue weighted by Gasteiger charge is -2.16. The summed E-state index contributed by atoms with van der Waals surface area (Å²) in [5.74, 6) is 0.216. The standard InChI is InChI=1S/C18H23N3O2/c1-11(2)16-7-14(13-5-3-4-6-15(13)21-16)18(23)20-9-12-8-19-10-17(12)22/h3-7,11-12,17,19,22H,8-10H2,1-2H3,(H,20,23). The number of nitrogens with zero attached hydrogens (tertiary/aromatic N) is 1. The van der Waals surface area contributed by atoms with Crippen LogP contribution in [0.15, 0.2) is 30.3 Å². The van der Waals surface area contributed by atoms with Crippen molar-refractivity contribution in [1.29, 1.82) is 0 Å². The summed E-state index contributed by atoms with van der Waals surface area (Å²) in [4.78, 5) is 17.3. The number of hydrogen-bond acceptors (Lipinski definition) is 4. The molecule has 3 rings (SSSR count). The SMILES string of the molecule is CC(C)c1cc(C(=O)NCC2CNCC2O)c2ccccc2n1. The number of carbonyl (C=O) groups is 1.